The van der Waals surface area contributed by atoms with Gasteiger partial charge in [-0.15, -0.1) is 0 Å². The smallest absolute Gasteiger partial charge is 0.252 e. The summed E-state index contributed by atoms with van der Waals surface area (Å²) in [6.07, 6.45) is 0. The zero-order valence-corrected chi connectivity index (χ0v) is 60.5. The first-order chi connectivity index (χ1) is 55.0. The van der Waals surface area contributed by atoms with Crippen LogP contribution >= 0.6 is 0 Å². The highest BCUT2D eigenvalue weighted by Gasteiger charge is 2.43. The lowest BCUT2D eigenvalue weighted by Gasteiger charge is -2.34. The van der Waals surface area contributed by atoms with Crippen molar-refractivity contribution in [3.05, 3.63) is 406 Å². The Balaban J connectivity index is 0.926. The molecule has 22 rings (SSSR count). The minimum absolute atomic E-state index is 0.231. The van der Waals surface area contributed by atoms with Crippen LogP contribution in [0, 0.1) is 0 Å². The maximum atomic E-state index is 6.07. The lowest BCUT2D eigenvalue weighted by Crippen LogP contribution is -2.59. The summed E-state index contributed by atoms with van der Waals surface area (Å²) in [5.41, 5.74) is 37.7. The van der Waals surface area contributed by atoms with Crippen LogP contribution in [-0.4, -0.2) is 25.8 Å². The van der Waals surface area contributed by atoms with Crippen LogP contribution in [0.1, 0.15) is 0 Å². The van der Waals surface area contributed by atoms with Gasteiger partial charge in [0.15, 0.2) is 5.82 Å². The lowest BCUT2D eigenvalue weighted by molar-refractivity contribution is 1.14. The summed E-state index contributed by atoms with van der Waals surface area (Å²) >= 11 is 0. The molecule has 0 saturated heterocycles. The molecule has 5 heteroatoms. The molecular weight excluding hydrogens is 1340 g/mol. The fourth-order valence-corrected chi connectivity index (χ4v) is 18.1. The van der Waals surface area contributed by atoms with Gasteiger partial charge >= 0.3 is 0 Å². The van der Waals surface area contributed by atoms with E-state index in [1.807, 2.05) is 0 Å². The van der Waals surface area contributed by atoms with E-state index in [1.54, 1.807) is 0 Å². The van der Waals surface area contributed by atoms with E-state index in [9.17, 15) is 0 Å². The van der Waals surface area contributed by atoms with Crippen molar-refractivity contribution in [3.63, 3.8) is 0 Å². The SMILES string of the molecule is c1ccc(-c2cc(-c3ccccc3)cc(-c3cc(-c4cc5c6c(c4)-n4c7cc(-c8ccccc8)cc(-c8ccccc8)c7c7c(-c8ccccc8)ccc(c74)B6c4ccc(-c6ccccc6)c6c7c(-c8ccccc8)cc(-c8ccccc8)cc7n-5c46)nc(-c4cc(-c5ccccc5)cc(-c5ccccc5)c4)n3)c2)cc1. The Hall–Kier alpha value is -14.5. The quantitative estimate of drug-likeness (QED) is 0.108. The molecule has 17 aromatic carbocycles. The molecule has 0 bridgehead atoms. The Kier molecular flexibility index (Phi) is 15.0. The van der Waals surface area contributed by atoms with Crippen LogP contribution in [0.25, 0.3) is 200 Å². The van der Waals surface area contributed by atoms with Crippen LogP contribution in [0.5, 0.6) is 0 Å². The minimum Gasteiger partial charge on any atom is -0.310 e. The molecule has 5 heterocycles. The summed E-state index contributed by atoms with van der Waals surface area (Å²) in [6.45, 7) is -0.231. The molecule has 2 aliphatic rings. The average Bonchev–Trinajstić information content (AvgIpc) is 1.52. The molecule has 0 spiro atoms. The monoisotopic (exact) mass is 1410 g/mol. The van der Waals surface area contributed by atoms with Crippen molar-refractivity contribution in [1.82, 2.24) is 19.1 Å². The average molecular weight is 1410 g/mol. The molecule has 0 saturated carbocycles. The van der Waals surface area contributed by atoms with Gasteiger partial charge in [-0.1, -0.05) is 328 Å². The molecule has 514 valence electrons. The van der Waals surface area contributed by atoms with Gasteiger partial charge in [-0.2, -0.15) is 0 Å². The van der Waals surface area contributed by atoms with Gasteiger partial charge in [-0.3, -0.25) is 0 Å². The van der Waals surface area contributed by atoms with E-state index in [-0.39, 0.29) is 6.71 Å². The fraction of sp³-hybridized carbons (Fsp3) is 0. The van der Waals surface area contributed by atoms with E-state index in [0.29, 0.717) is 5.82 Å². The maximum Gasteiger partial charge on any atom is 0.252 e. The Bertz CT molecular complexity index is 6520. The van der Waals surface area contributed by atoms with Crippen molar-refractivity contribution >= 4 is 66.7 Å². The van der Waals surface area contributed by atoms with Crippen molar-refractivity contribution in [2.75, 3.05) is 0 Å². The topological polar surface area (TPSA) is 35.6 Å². The van der Waals surface area contributed by atoms with Gasteiger partial charge in [0, 0.05) is 49.6 Å². The summed E-state index contributed by atoms with van der Waals surface area (Å²) < 4.78 is 5.35. The van der Waals surface area contributed by atoms with E-state index in [1.165, 1.54) is 71.2 Å². The van der Waals surface area contributed by atoms with Gasteiger partial charge in [0.05, 0.1) is 33.5 Å². The van der Waals surface area contributed by atoms with E-state index in [4.69, 9.17) is 9.97 Å². The second-order valence-corrected chi connectivity index (χ2v) is 29.4. The lowest BCUT2D eigenvalue weighted by atomic mass is 9.34. The second-order valence-electron chi connectivity index (χ2n) is 29.4. The minimum atomic E-state index is -0.231. The summed E-state index contributed by atoms with van der Waals surface area (Å²) in [5.74, 6) is 0.617. The van der Waals surface area contributed by atoms with Crippen molar-refractivity contribution in [2.45, 2.75) is 0 Å². The molecule has 111 heavy (non-hydrogen) atoms. The number of aromatic nitrogens is 4. The largest absolute Gasteiger partial charge is 0.310 e. The Morgan fingerprint density at radius 3 is 0.766 bits per heavy atom. The third kappa shape index (κ3) is 10.7. The van der Waals surface area contributed by atoms with Gasteiger partial charge in [-0.05, 0) is 207 Å². The summed E-state index contributed by atoms with van der Waals surface area (Å²) in [4.78, 5) is 12.0. The fourth-order valence-electron chi connectivity index (χ4n) is 18.1. The van der Waals surface area contributed by atoms with E-state index in [2.05, 4.69) is 416 Å². The highest BCUT2D eigenvalue weighted by molar-refractivity contribution is 7.00. The molecule has 0 atom stereocenters. The standard InChI is InChI=1S/C106H67BN4/c1-11-31-68(32-12-1)78-55-79(69-33-13-2-14-34-69)58-84(57-78)93-67-94(109-106(108-93)86-59-80(70-35-15-3-16-36-70)56-81(60-86)71-37-17-4-18-38-71)85-65-97-103-98(66-85)111-96-64-83(73-41-21-6-22-42-73)62-90(77-49-29-10-30-50-77)100(96)102-88(75-45-25-8-26-46-75)52-54-92(105(102)111)107(103)91-53-51-87(74-43-23-7-24-44-74)101-99-89(76-47-27-9-28-48-76)61-82(72-39-19-5-20-40-72)63-95(99)110(97)104(91)101/h1-67H. The molecule has 2 aliphatic heterocycles. The van der Waals surface area contributed by atoms with Crippen LogP contribution < -0.4 is 16.4 Å². The predicted molar refractivity (Wildman–Crippen MR) is 466 cm³/mol. The molecule has 4 nitrogen and oxygen atoms in total. The van der Waals surface area contributed by atoms with Crippen LogP contribution in [-0.2, 0) is 0 Å². The molecule has 0 unspecified atom stereocenters. The van der Waals surface area contributed by atoms with Gasteiger partial charge in [0.2, 0.25) is 0 Å². The molecular formula is C106H67BN4. The zero-order chi connectivity index (χ0) is 73.0. The summed E-state index contributed by atoms with van der Waals surface area (Å²) in [5, 5.41) is 4.85. The number of hydrogen-bond donors (Lipinski definition) is 0. The predicted octanol–water partition coefficient (Wildman–Crippen LogP) is 25.5. The molecule has 0 radical (unpaired) electrons. The number of benzene rings is 17. The van der Waals surface area contributed by atoms with E-state index in [0.717, 1.165) is 140 Å². The molecule has 0 aliphatic carbocycles. The van der Waals surface area contributed by atoms with Gasteiger partial charge in [-0.25, -0.2) is 9.97 Å². The summed E-state index contributed by atoms with van der Waals surface area (Å²) in [6, 6.07) is 150. The third-order valence-electron chi connectivity index (χ3n) is 23.0. The van der Waals surface area contributed by atoms with Crippen molar-refractivity contribution < 1.29 is 0 Å². The number of hydrogen-bond acceptors (Lipinski definition) is 2. The zero-order valence-electron chi connectivity index (χ0n) is 60.5. The van der Waals surface area contributed by atoms with Gasteiger partial charge in [0.25, 0.3) is 6.71 Å². The molecule has 20 aromatic rings. The number of rotatable bonds is 13. The summed E-state index contributed by atoms with van der Waals surface area (Å²) in [7, 11) is 0. The molecule has 0 amide bonds. The Morgan fingerprint density at radius 1 is 0.189 bits per heavy atom. The Labute approximate surface area is 644 Å². The van der Waals surface area contributed by atoms with Crippen LogP contribution in [0.4, 0.5) is 0 Å². The maximum absolute atomic E-state index is 6.07. The second kappa shape index (κ2) is 26.2. The van der Waals surface area contributed by atoms with Crippen molar-refractivity contribution in [2.24, 2.45) is 0 Å². The molecule has 3 aromatic heterocycles. The highest BCUT2D eigenvalue weighted by atomic mass is 15.0. The van der Waals surface area contributed by atoms with Crippen molar-refractivity contribution in [3.8, 4) is 157 Å². The molecule has 0 N–H and O–H groups in total. The first kappa shape index (κ1) is 63.7. The first-order valence-corrected chi connectivity index (χ1v) is 38.3. The van der Waals surface area contributed by atoms with E-state index < -0.39 is 0 Å². The first-order valence-electron chi connectivity index (χ1n) is 38.3. The number of nitrogens with zero attached hydrogens (tertiary/aromatic N) is 4. The third-order valence-corrected chi connectivity index (χ3v) is 23.0. The van der Waals surface area contributed by atoms with Crippen molar-refractivity contribution in [1.29, 1.82) is 0 Å². The van der Waals surface area contributed by atoms with Crippen LogP contribution in [0.2, 0.25) is 0 Å². The van der Waals surface area contributed by atoms with Crippen LogP contribution in [0.15, 0.2) is 406 Å². The van der Waals surface area contributed by atoms with Gasteiger partial charge < -0.3 is 9.13 Å². The number of fused-ring (bicyclic) bond motifs is 10. The van der Waals surface area contributed by atoms with E-state index >= 15 is 0 Å². The van der Waals surface area contributed by atoms with Gasteiger partial charge in [0.1, 0.15) is 0 Å². The Morgan fingerprint density at radius 2 is 0.450 bits per heavy atom. The van der Waals surface area contributed by atoms with Crippen LogP contribution in [0.3, 0.4) is 0 Å². The molecule has 0 fully saturated rings. The highest BCUT2D eigenvalue weighted by Crippen LogP contribution is 2.51. The normalized spacial score (nSPS) is 11.9.